The highest BCUT2D eigenvalue weighted by Gasteiger charge is 2.32. The van der Waals surface area contributed by atoms with E-state index in [1.165, 1.54) is 37.0 Å². The fourth-order valence-electron chi connectivity index (χ4n) is 3.13. The lowest BCUT2D eigenvalue weighted by Gasteiger charge is -2.31. The predicted molar refractivity (Wildman–Crippen MR) is 99.4 cm³/mol. The standard InChI is InChI=1S/C16H21N5O2S2/c1-11-4-6-19(7-5-11)15-17-18-16(20(15)13-2-3-13)25-10-12-8-14(21(22)23)24-9-12/h8-9,11,13H,2-7,10H2,1H3. The van der Waals surface area contributed by atoms with Gasteiger partial charge in [0.2, 0.25) is 5.95 Å². The molecule has 9 heteroatoms. The second-order valence-electron chi connectivity index (χ2n) is 6.89. The summed E-state index contributed by atoms with van der Waals surface area (Å²) in [5.74, 6) is 2.48. The first-order chi connectivity index (χ1) is 12.1. The molecule has 2 aromatic heterocycles. The lowest BCUT2D eigenvalue weighted by molar-refractivity contribution is -0.380. The molecular formula is C16H21N5O2S2. The van der Waals surface area contributed by atoms with E-state index in [0.717, 1.165) is 35.7 Å². The van der Waals surface area contributed by atoms with E-state index in [1.807, 2.05) is 5.38 Å². The highest BCUT2D eigenvalue weighted by atomic mass is 32.2. The van der Waals surface area contributed by atoms with Gasteiger partial charge in [-0.15, -0.1) is 10.2 Å². The van der Waals surface area contributed by atoms with Crippen LogP contribution in [0.2, 0.25) is 0 Å². The molecule has 2 aliphatic rings. The number of nitrogens with zero attached hydrogens (tertiary/aromatic N) is 5. The van der Waals surface area contributed by atoms with Crippen LogP contribution >= 0.6 is 23.1 Å². The molecule has 0 amide bonds. The minimum Gasteiger partial charge on any atom is -0.341 e. The van der Waals surface area contributed by atoms with Crippen molar-refractivity contribution in [1.82, 2.24) is 14.8 Å². The van der Waals surface area contributed by atoms with Crippen molar-refractivity contribution in [2.75, 3.05) is 18.0 Å². The molecule has 7 nitrogen and oxygen atoms in total. The van der Waals surface area contributed by atoms with Crippen LogP contribution < -0.4 is 4.90 Å². The van der Waals surface area contributed by atoms with E-state index in [9.17, 15) is 10.1 Å². The molecule has 1 saturated carbocycles. The van der Waals surface area contributed by atoms with E-state index in [2.05, 4.69) is 26.6 Å². The van der Waals surface area contributed by atoms with E-state index in [-0.39, 0.29) is 9.92 Å². The van der Waals surface area contributed by atoms with Crippen LogP contribution in [-0.2, 0) is 5.75 Å². The van der Waals surface area contributed by atoms with Crippen LogP contribution in [0.25, 0.3) is 0 Å². The Hall–Kier alpha value is -1.61. The molecule has 2 aromatic rings. The molecule has 0 aromatic carbocycles. The third-order valence-electron chi connectivity index (χ3n) is 4.81. The second-order valence-corrected chi connectivity index (χ2v) is 8.72. The molecule has 2 fully saturated rings. The van der Waals surface area contributed by atoms with Gasteiger partial charge < -0.3 is 4.90 Å². The van der Waals surface area contributed by atoms with Crippen molar-refractivity contribution in [3.63, 3.8) is 0 Å². The van der Waals surface area contributed by atoms with E-state index in [4.69, 9.17) is 0 Å². The topological polar surface area (TPSA) is 77.1 Å². The molecule has 1 saturated heterocycles. The first-order valence-electron chi connectivity index (χ1n) is 8.66. The van der Waals surface area contributed by atoms with Crippen molar-refractivity contribution >= 4 is 34.0 Å². The van der Waals surface area contributed by atoms with Crippen molar-refractivity contribution in [2.24, 2.45) is 5.92 Å². The van der Waals surface area contributed by atoms with Gasteiger partial charge in [-0.05, 0) is 37.2 Å². The van der Waals surface area contributed by atoms with Crippen LogP contribution in [0.4, 0.5) is 10.9 Å². The molecule has 1 aliphatic heterocycles. The van der Waals surface area contributed by atoms with Crippen LogP contribution in [0.5, 0.6) is 0 Å². The second kappa shape index (κ2) is 6.95. The quantitative estimate of drug-likeness (QED) is 0.427. The molecule has 134 valence electrons. The van der Waals surface area contributed by atoms with E-state index in [0.29, 0.717) is 11.8 Å². The largest absolute Gasteiger partial charge is 0.341 e. The van der Waals surface area contributed by atoms with Gasteiger partial charge >= 0.3 is 5.00 Å². The number of hydrogen-bond donors (Lipinski definition) is 0. The Morgan fingerprint density at radius 2 is 2.08 bits per heavy atom. The van der Waals surface area contributed by atoms with Crippen LogP contribution in [-0.4, -0.2) is 32.8 Å². The zero-order valence-electron chi connectivity index (χ0n) is 14.1. The summed E-state index contributed by atoms with van der Waals surface area (Å²) >= 11 is 2.81. The van der Waals surface area contributed by atoms with Crippen molar-refractivity contribution in [3.05, 3.63) is 27.1 Å². The molecule has 0 radical (unpaired) electrons. The summed E-state index contributed by atoms with van der Waals surface area (Å²) in [5.41, 5.74) is 0.973. The summed E-state index contributed by atoms with van der Waals surface area (Å²) in [7, 11) is 0. The molecule has 3 heterocycles. The van der Waals surface area contributed by atoms with Gasteiger partial charge in [0.25, 0.3) is 0 Å². The molecular weight excluding hydrogens is 358 g/mol. The average Bonchev–Trinajstić information content (AvgIpc) is 3.17. The van der Waals surface area contributed by atoms with Gasteiger partial charge in [-0.2, -0.15) is 0 Å². The molecule has 0 unspecified atom stereocenters. The number of piperidine rings is 1. The molecule has 1 aliphatic carbocycles. The molecule has 4 rings (SSSR count). The maximum Gasteiger partial charge on any atom is 0.324 e. The fourth-order valence-corrected chi connectivity index (χ4v) is 4.89. The average molecular weight is 380 g/mol. The van der Waals surface area contributed by atoms with E-state index < -0.39 is 0 Å². The summed E-state index contributed by atoms with van der Waals surface area (Å²) in [4.78, 5) is 12.9. The summed E-state index contributed by atoms with van der Waals surface area (Å²) < 4.78 is 2.29. The number of aromatic nitrogens is 3. The van der Waals surface area contributed by atoms with Gasteiger partial charge in [0.15, 0.2) is 5.16 Å². The van der Waals surface area contributed by atoms with Gasteiger partial charge in [-0.3, -0.25) is 14.7 Å². The van der Waals surface area contributed by atoms with E-state index in [1.54, 1.807) is 17.8 Å². The lowest BCUT2D eigenvalue weighted by atomic mass is 10.00. The fraction of sp³-hybridized carbons (Fsp3) is 0.625. The predicted octanol–water partition coefficient (Wildman–Crippen LogP) is 4.11. The number of anilines is 1. The monoisotopic (exact) mass is 379 g/mol. The van der Waals surface area contributed by atoms with Gasteiger partial charge in [-0.1, -0.05) is 30.0 Å². The maximum atomic E-state index is 10.8. The summed E-state index contributed by atoms with van der Waals surface area (Å²) in [5, 5.41) is 22.7. The van der Waals surface area contributed by atoms with Crippen LogP contribution in [0.15, 0.2) is 16.6 Å². The van der Waals surface area contributed by atoms with Gasteiger partial charge in [0.05, 0.1) is 4.92 Å². The zero-order chi connectivity index (χ0) is 17.4. The Morgan fingerprint density at radius 3 is 2.72 bits per heavy atom. The maximum absolute atomic E-state index is 10.8. The minimum absolute atomic E-state index is 0.197. The van der Waals surface area contributed by atoms with Crippen molar-refractivity contribution in [2.45, 2.75) is 49.6 Å². The Morgan fingerprint density at radius 1 is 1.32 bits per heavy atom. The Bertz CT molecular complexity index is 762. The molecule has 0 spiro atoms. The lowest BCUT2D eigenvalue weighted by Crippen LogP contribution is -2.34. The number of thiophene rings is 1. The van der Waals surface area contributed by atoms with Gasteiger partial charge in [0.1, 0.15) is 0 Å². The van der Waals surface area contributed by atoms with Crippen LogP contribution in [0.1, 0.15) is 44.2 Å². The third-order valence-corrected chi connectivity index (χ3v) is 6.76. The number of rotatable bonds is 6. The number of thioether (sulfide) groups is 1. The highest BCUT2D eigenvalue weighted by Crippen LogP contribution is 2.42. The number of hydrogen-bond acceptors (Lipinski definition) is 7. The zero-order valence-corrected chi connectivity index (χ0v) is 15.8. The molecule has 25 heavy (non-hydrogen) atoms. The summed E-state index contributed by atoms with van der Waals surface area (Å²) in [6, 6.07) is 2.17. The number of nitro groups is 1. The van der Waals surface area contributed by atoms with Crippen LogP contribution in [0.3, 0.4) is 0 Å². The first-order valence-corrected chi connectivity index (χ1v) is 10.5. The smallest absolute Gasteiger partial charge is 0.324 e. The first kappa shape index (κ1) is 16.8. The van der Waals surface area contributed by atoms with Crippen molar-refractivity contribution < 1.29 is 4.92 Å². The summed E-state index contributed by atoms with van der Waals surface area (Å²) in [6.07, 6.45) is 4.79. The van der Waals surface area contributed by atoms with Gasteiger partial charge in [0, 0.05) is 36.3 Å². The minimum atomic E-state index is -0.332. The molecule has 0 N–H and O–H groups in total. The van der Waals surface area contributed by atoms with Crippen LogP contribution in [0, 0.1) is 16.0 Å². The van der Waals surface area contributed by atoms with E-state index >= 15 is 0 Å². The van der Waals surface area contributed by atoms with Crippen molar-refractivity contribution in [3.8, 4) is 0 Å². The van der Waals surface area contributed by atoms with Gasteiger partial charge in [-0.25, -0.2) is 0 Å². The summed E-state index contributed by atoms with van der Waals surface area (Å²) in [6.45, 7) is 4.41. The Labute approximate surface area is 154 Å². The van der Waals surface area contributed by atoms with Crippen molar-refractivity contribution in [1.29, 1.82) is 0 Å². The third kappa shape index (κ3) is 3.67. The normalized spacial score (nSPS) is 18.7. The molecule has 0 atom stereocenters. The Kier molecular flexibility index (Phi) is 4.68. The Balaban J connectivity index is 1.48. The highest BCUT2D eigenvalue weighted by molar-refractivity contribution is 7.98. The SMILES string of the molecule is CC1CCN(c2nnc(SCc3csc([N+](=O)[O-])c3)n2C2CC2)CC1. The molecule has 0 bridgehead atoms.